The van der Waals surface area contributed by atoms with E-state index in [9.17, 15) is 13.2 Å². The fraction of sp³-hybridized carbons (Fsp3) is 0.208. The van der Waals surface area contributed by atoms with Gasteiger partial charge in [0.05, 0.1) is 11.4 Å². The molecule has 0 fully saturated rings. The number of carbonyl (C=O) groups is 1. The van der Waals surface area contributed by atoms with Crippen LogP contribution >= 0.6 is 0 Å². The summed E-state index contributed by atoms with van der Waals surface area (Å²) in [4.78, 5) is 14.7. The number of likely N-dealkylation sites (N-methyl/N-ethyl adjacent to an activating group) is 1. The first-order valence-corrected chi connectivity index (χ1v) is 11.2. The molecule has 0 saturated carbocycles. The molecule has 0 heterocycles. The molecule has 0 aliphatic carbocycles. The largest absolute Gasteiger partial charge is 0.314 e. The van der Waals surface area contributed by atoms with E-state index in [4.69, 9.17) is 0 Å². The molecule has 0 aliphatic heterocycles. The fourth-order valence-electron chi connectivity index (χ4n) is 3.09. The summed E-state index contributed by atoms with van der Waals surface area (Å²) < 4.78 is 27.8. The van der Waals surface area contributed by atoms with E-state index in [1.54, 1.807) is 37.4 Å². The quantitative estimate of drug-likeness (QED) is 0.575. The van der Waals surface area contributed by atoms with Crippen LogP contribution < -0.4 is 4.90 Å². The van der Waals surface area contributed by atoms with E-state index in [0.29, 0.717) is 0 Å². The zero-order valence-corrected chi connectivity index (χ0v) is 18.3. The topological polar surface area (TPSA) is 57.7 Å². The van der Waals surface area contributed by atoms with Crippen molar-refractivity contribution < 1.29 is 13.2 Å². The summed E-state index contributed by atoms with van der Waals surface area (Å²) in [5, 5.41) is 0. The van der Waals surface area contributed by atoms with Crippen molar-refractivity contribution in [1.82, 2.24) is 4.31 Å². The van der Waals surface area contributed by atoms with Gasteiger partial charge in [-0.05, 0) is 54.8 Å². The van der Waals surface area contributed by atoms with Crippen LogP contribution in [0.1, 0.15) is 16.7 Å². The molecule has 0 bridgehead atoms. The summed E-state index contributed by atoms with van der Waals surface area (Å²) in [7, 11) is -2.17. The molecule has 156 valence electrons. The number of benzene rings is 3. The van der Waals surface area contributed by atoms with E-state index in [1.807, 2.05) is 62.4 Å². The SMILES string of the molecule is Cc1ccc(N(C)C(=O)CN(Cc2ccccc2)S(=O)(=O)c2ccccc2)cc1C. The predicted octanol–water partition coefficient (Wildman–Crippen LogP) is 4.16. The second kappa shape index (κ2) is 9.24. The minimum Gasteiger partial charge on any atom is -0.314 e. The monoisotopic (exact) mass is 422 g/mol. The summed E-state index contributed by atoms with van der Waals surface area (Å²) in [6.07, 6.45) is 0. The molecule has 0 saturated heterocycles. The van der Waals surface area contributed by atoms with Crippen molar-refractivity contribution in [3.8, 4) is 0 Å². The first-order valence-electron chi connectivity index (χ1n) is 9.72. The number of amides is 1. The molecule has 0 N–H and O–H groups in total. The lowest BCUT2D eigenvalue weighted by molar-refractivity contribution is -0.118. The summed E-state index contributed by atoms with van der Waals surface area (Å²) in [5.74, 6) is -0.298. The summed E-state index contributed by atoms with van der Waals surface area (Å²) in [5.41, 5.74) is 3.76. The molecule has 0 radical (unpaired) electrons. The predicted molar refractivity (Wildman–Crippen MR) is 120 cm³/mol. The number of hydrogen-bond donors (Lipinski definition) is 0. The van der Waals surface area contributed by atoms with Crippen LogP contribution in [-0.2, 0) is 21.4 Å². The van der Waals surface area contributed by atoms with Crippen LogP contribution in [0.2, 0.25) is 0 Å². The maximum absolute atomic E-state index is 13.3. The first kappa shape index (κ1) is 21.7. The maximum atomic E-state index is 13.3. The van der Waals surface area contributed by atoms with Gasteiger partial charge in [-0.15, -0.1) is 0 Å². The molecule has 30 heavy (non-hydrogen) atoms. The molecule has 0 spiro atoms. The smallest absolute Gasteiger partial charge is 0.243 e. The van der Waals surface area contributed by atoms with E-state index in [-0.39, 0.29) is 23.9 Å². The highest BCUT2D eigenvalue weighted by atomic mass is 32.2. The second-order valence-corrected chi connectivity index (χ2v) is 9.23. The third kappa shape index (κ3) is 4.96. The Morgan fingerprint density at radius 2 is 1.43 bits per heavy atom. The van der Waals surface area contributed by atoms with Gasteiger partial charge in [0, 0.05) is 19.3 Å². The lowest BCUT2D eigenvalue weighted by Gasteiger charge is -2.25. The molecule has 5 nitrogen and oxygen atoms in total. The van der Waals surface area contributed by atoms with Crippen LogP contribution in [0.25, 0.3) is 0 Å². The number of rotatable bonds is 7. The van der Waals surface area contributed by atoms with Crippen LogP contribution in [0.3, 0.4) is 0 Å². The van der Waals surface area contributed by atoms with Crippen LogP contribution in [-0.4, -0.2) is 32.2 Å². The molecule has 0 atom stereocenters. The Hall–Kier alpha value is -2.96. The van der Waals surface area contributed by atoms with Gasteiger partial charge in [-0.2, -0.15) is 4.31 Å². The number of aryl methyl sites for hydroxylation is 2. The van der Waals surface area contributed by atoms with Crippen molar-refractivity contribution in [3.05, 3.63) is 95.6 Å². The molecule has 1 amide bonds. The van der Waals surface area contributed by atoms with Gasteiger partial charge in [0.1, 0.15) is 0 Å². The Bertz CT molecular complexity index is 1110. The average molecular weight is 423 g/mol. The molecule has 0 aromatic heterocycles. The number of nitrogens with zero attached hydrogens (tertiary/aromatic N) is 2. The number of sulfonamides is 1. The highest BCUT2D eigenvalue weighted by Gasteiger charge is 2.28. The van der Waals surface area contributed by atoms with Crippen LogP contribution in [0.15, 0.2) is 83.8 Å². The van der Waals surface area contributed by atoms with Gasteiger partial charge >= 0.3 is 0 Å². The Kier molecular flexibility index (Phi) is 6.70. The molecule has 0 unspecified atom stereocenters. The van der Waals surface area contributed by atoms with Crippen molar-refractivity contribution >= 4 is 21.6 Å². The second-order valence-electron chi connectivity index (χ2n) is 7.29. The highest BCUT2D eigenvalue weighted by molar-refractivity contribution is 7.89. The number of hydrogen-bond acceptors (Lipinski definition) is 3. The van der Waals surface area contributed by atoms with E-state index in [0.717, 1.165) is 22.4 Å². The van der Waals surface area contributed by atoms with Gasteiger partial charge in [0.15, 0.2) is 0 Å². The third-order valence-electron chi connectivity index (χ3n) is 5.15. The third-order valence-corrected chi connectivity index (χ3v) is 6.95. The fourth-order valence-corrected chi connectivity index (χ4v) is 4.49. The minimum absolute atomic E-state index is 0.116. The van der Waals surface area contributed by atoms with Gasteiger partial charge in [-0.25, -0.2) is 8.42 Å². The zero-order chi connectivity index (χ0) is 21.7. The summed E-state index contributed by atoms with van der Waals surface area (Å²) in [6.45, 7) is 3.85. The van der Waals surface area contributed by atoms with Crippen molar-refractivity contribution in [2.45, 2.75) is 25.3 Å². The molecule has 3 aromatic rings. The molecule has 0 aliphatic rings. The van der Waals surface area contributed by atoms with E-state index < -0.39 is 10.0 Å². The zero-order valence-electron chi connectivity index (χ0n) is 17.4. The van der Waals surface area contributed by atoms with Crippen molar-refractivity contribution in [3.63, 3.8) is 0 Å². The van der Waals surface area contributed by atoms with Gasteiger partial charge in [0.25, 0.3) is 0 Å². The lowest BCUT2D eigenvalue weighted by atomic mass is 10.1. The molecule has 3 rings (SSSR count). The number of carbonyl (C=O) groups excluding carboxylic acids is 1. The van der Waals surface area contributed by atoms with Crippen LogP contribution in [0.4, 0.5) is 5.69 Å². The molecule has 3 aromatic carbocycles. The highest BCUT2D eigenvalue weighted by Crippen LogP contribution is 2.21. The van der Waals surface area contributed by atoms with Gasteiger partial charge in [-0.1, -0.05) is 54.6 Å². The normalized spacial score (nSPS) is 11.5. The molecule has 6 heteroatoms. The standard InChI is InChI=1S/C24H26N2O3S/c1-19-14-15-22(16-20(19)2)25(3)24(27)18-26(17-21-10-6-4-7-11-21)30(28,29)23-12-8-5-9-13-23/h4-16H,17-18H2,1-3H3. The Morgan fingerprint density at radius 1 is 0.833 bits per heavy atom. The van der Waals surface area contributed by atoms with Gasteiger partial charge in [0.2, 0.25) is 15.9 Å². The van der Waals surface area contributed by atoms with Crippen molar-refractivity contribution in [2.75, 3.05) is 18.5 Å². The van der Waals surface area contributed by atoms with Gasteiger partial charge < -0.3 is 4.90 Å². The van der Waals surface area contributed by atoms with E-state index in [1.165, 1.54) is 9.21 Å². The first-order chi connectivity index (χ1) is 14.3. The van der Waals surface area contributed by atoms with Crippen molar-refractivity contribution in [2.24, 2.45) is 0 Å². The maximum Gasteiger partial charge on any atom is 0.243 e. The molecular weight excluding hydrogens is 396 g/mol. The Labute approximate surface area is 178 Å². The van der Waals surface area contributed by atoms with Crippen LogP contribution in [0, 0.1) is 13.8 Å². The van der Waals surface area contributed by atoms with E-state index in [2.05, 4.69) is 0 Å². The summed E-state index contributed by atoms with van der Waals surface area (Å²) >= 11 is 0. The van der Waals surface area contributed by atoms with Crippen LogP contribution in [0.5, 0.6) is 0 Å². The van der Waals surface area contributed by atoms with Gasteiger partial charge in [-0.3, -0.25) is 4.79 Å². The van der Waals surface area contributed by atoms with Crippen molar-refractivity contribution in [1.29, 1.82) is 0 Å². The van der Waals surface area contributed by atoms with E-state index >= 15 is 0 Å². The minimum atomic E-state index is -3.84. The molecular formula is C24H26N2O3S. The lowest BCUT2D eigenvalue weighted by Crippen LogP contribution is -2.41. The number of anilines is 1. The Morgan fingerprint density at radius 3 is 2.03 bits per heavy atom. The summed E-state index contributed by atoms with van der Waals surface area (Å²) in [6, 6.07) is 23.2. The Balaban J connectivity index is 1.90. The average Bonchev–Trinajstić information content (AvgIpc) is 2.76.